The molecule has 0 saturated carbocycles. The van der Waals surface area contributed by atoms with Gasteiger partial charge in [0.25, 0.3) is 0 Å². The van der Waals surface area contributed by atoms with E-state index in [2.05, 4.69) is 40.7 Å². The lowest BCUT2D eigenvalue weighted by Gasteiger charge is -2.17. The molecule has 0 aromatic heterocycles. The van der Waals surface area contributed by atoms with Crippen LogP contribution >= 0.6 is 0 Å². The summed E-state index contributed by atoms with van der Waals surface area (Å²) in [6, 6.07) is 0. The first kappa shape index (κ1) is 9.74. The zero-order valence-corrected chi connectivity index (χ0v) is 7.99. The minimum Gasteiger partial charge on any atom is -0.0887 e. The van der Waals surface area contributed by atoms with Crippen molar-refractivity contribution in [2.24, 2.45) is 5.41 Å². The van der Waals surface area contributed by atoms with Gasteiger partial charge in [-0.05, 0) is 32.1 Å². The molecular weight excluding hydrogens is 120 g/mol. The molecule has 0 N–H and O–H groups in total. The number of allylic oxidation sites excluding steroid dienone is 2. The van der Waals surface area contributed by atoms with Gasteiger partial charge in [-0.3, -0.25) is 0 Å². The van der Waals surface area contributed by atoms with E-state index in [1.54, 1.807) is 0 Å². The number of hydrogen-bond donors (Lipinski definition) is 0. The average Bonchev–Trinajstić information content (AvgIpc) is 1.81. The highest BCUT2D eigenvalue weighted by Gasteiger charge is 2.08. The van der Waals surface area contributed by atoms with Gasteiger partial charge in [0.1, 0.15) is 0 Å². The summed E-state index contributed by atoms with van der Waals surface area (Å²) in [4.78, 5) is 0. The van der Waals surface area contributed by atoms with Crippen LogP contribution in [-0.2, 0) is 0 Å². The molecule has 0 radical (unpaired) electrons. The largest absolute Gasteiger partial charge is 0.0887 e. The van der Waals surface area contributed by atoms with Gasteiger partial charge in [-0.15, -0.1) is 0 Å². The Morgan fingerprint density at radius 3 is 2.10 bits per heavy atom. The molecule has 0 saturated heterocycles. The second-order valence-electron chi connectivity index (χ2n) is 4.20. The maximum atomic E-state index is 2.29. The molecule has 0 aliphatic carbocycles. The second kappa shape index (κ2) is 3.80. The van der Waals surface area contributed by atoms with Crippen LogP contribution in [0.2, 0.25) is 0 Å². The topological polar surface area (TPSA) is 0 Å². The van der Waals surface area contributed by atoms with E-state index in [9.17, 15) is 0 Å². The third-order valence-corrected chi connectivity index (χ3v) is 1.76. The Balaban J connectivity index is 3.56. The molecule has 0 unspecified atom stereocenters. The van der Waals surface area contributed by atoms with Crippen molar-refractivity contribution in [3.63, 3.8) is 0 Å². The zero-order chi connectivity index (χ0) is 8.20. The van der Waals surface area contributed by atoms with Gasteiger partial charge in [0.15, 0.2) is 0 Å². The first-order chi connectivity index (χ1) is 4.45. The molecule has 0 fully saturated rings. The minimum atomic E-state index is 0.490. The van der Waals surface area contributed by atoms with Crippen molar-refractivity contribution in [2.45, 2.75) is 47.5 Å². The summed E-state index contributed by atoms with van der Waals surface area (Å²) in [5.41, 5.74) is 2.00. The molecule has 0 aromatic carbocycles. The highest BCUT2D eigenvalue weighted by atomic mass is 14.1. The fraction of sp³-hybridized carbons (Fsp3) is 0.800. The quantitative estimate of drug-likeness (QED) is 0.512. The molecule has 0 amide bonds. The minimum absolute atomic E-state index is 0.490. The van der Waals surface area contributed by atoms with Crippen molar-refractivity contribution in [1.82, 2.24) is 0 Å². The van der Waals surface area contributed by atoms with E-state index in [-0.39, 0.29) is 0 Å². The molecule has 60 valence electrons. The van der Waals surface area contributed by atoms with E-state index >= 15 is 0 Å². The van der Waals surface area contributed by atoms with Crippen LogP contribution in [-0.4, -0.2) is 0 Å². The summed E-state index contributed by atoms with van der Waals surface area (Å²) >= 11 is 0. The van der Waals surface area contributed by atoms with E-state index < -0.39 is 0 Å². The molecule has 0 aromatic rings. The summed E-state index contributed by atoms with van der Waals surface area (Å²) in [5.74, 6) is 0. The SMILES string of the molecule is CC=C(C)CCC(C)(C)C. The van der Waals surface area contributed by atoms with Crippen LogP contribution in [0.25, 0.3) is 0 Å². The summed E-state index contributed by atoms with van der Waals surface area (Å²) in [6.07, 6.45) is 4.74. The lowest BCUT2D eigenvalue weighted by molar-refractivity contribution is 0.377. The zero-order valence-electron chi connectivity index (χ0n) is 7.99. The van der Waals surface area contributed by atoms with E-state index in [0.717, 1.165) is 0 Å². The van der Waals surface area contributed by atoms with Crippen molar-refractivity contribution < 1.29 is 0 Å². The third kappa shape index (κ3) is 5.87. The molecule has 0 heterocycles. The predicted octanol–water partition coefficient (Wildman–Crippen LogP) is 3.78. The second-order valence-corrected chi connectivity index (χ2v) is 4.20. The van der Waals surface area contributed by atoms with Gasteiger partial charge in [0.2, 0.25) is 0 Å². The van der Waals surface area contributed by atoms with Crippen LogP contribution in [0.15, 0.2) is 11.6 Å². The van der Waals surface area contributed by atoms with Gasteiger partial charge in [-0.25, -0.2) is 0 Å². The first-order valence-corrected chi connectivity index (χ1v) is 4.07. The van der Waals surface area contributed by atoms with Crippen molar-refractivity contribution in [3.05, 3.63) is 11.6 Å². The smallest absolute Gasteiger partial charge is 0.0318 e. The molecule has 0 aliphatic rings. The number of rotatable bonds is 2. The summed E-state index contributed by atoms with van der Waals surface area (Å²) in [5, 5.41) is 0. The molecule has 0 rings (SSSR count). The van der Waals surface area contributed by atoms with Gasteiger partial charge >= 0.3 is 0 Å². The fourth-order valence-corrected chi connectivity index (χ4v) is 0.717. The van der Waals surface area contributed by atoms with Crippen LogP contribution in [0, 0.1) is 5.41 Å². The van der Waals surface area contributed by atoms with Gasteiger partial charge in [-0.2, -0.15) is 0 Å². The van der Waals surface area contributed by atoms with Gasteiger partial charge in [0, 0.05) is 0 Å². The molecule has 0 aliphatic heterocycles. The average molecular weight is 140 g/mol. The van der Waals surface area contributed by atoms with Crippen LogP contribution < -0.4 is 0 Å². The van der Waals surface area contributed by atoms with E-state index in [0.29, 0.717) is 5.41 Å². The highest BCUT2D eigenvalue weighted by Crippen LogP contribution is 2.22. The molecule has 0 heteroatoms. The van der Waals surface area contributed by atoms with E-state index in [1.807, 2.05) is 0 Å². The molecule has 0 atom stereocenters. The van der Waals surface area contributed by atoms with Crippen LogP contribution in [0.1, 0.15) is 47.5 Å². The molecule has 0 spiro atoms. The Kier molecular flexibility index (Phi) is 3.70. The van der Waals surface area contributed by atoms with Crippen molar-refractivity contribution >= 4 is 0 Å². The maximum absolute atomic E-state index is 2.29. The number of hydrogen-bond acceptors (Lipinski definition) is 0. The lowest BCUT2D eigenvalue weighted by atomic mass is 9.89. The van der Waals surface area contributed by atoms with Crippen LogP contribution in [0.5, 0.6) is 0 Å². The third-order valence-electron chi connectivity index (χ3n) is 1.76. The summed E-state index contributed by atoms with van der Waals surface area (Å²) in [7, 11) is 0. The van der Waals surface area contributed by atoms with E-state index in [1.165, 1.54) is 18.4 Å². The maximum Gasteiger partial charge on any atom is -0.0318 e. The van der Waals surface area contributed by atoms with Gasteiger partial charge in [0.05, 0.1) is 0 Å². The van der Waals surface area contributed by atoms with Crippen molar-refractivity contribution in [3.8, 4) is 0 Å². The normalized spacial score (nSPS) is 13.9. The fourth-order valence-electron chi connectivity index (χ4n) is 0.717. The summed E-state index contributed by atoms with van der Waals surface area (Å²) in [6.45, 7) is 11.2. The highest BCUT2D eigenvalue weighted by molar-refractivity contribution is 4.95. The lowest BCUT2D eigenvalue weighted by Crippen LogP contribution is -2.04. The van der Waals surface area contributed by atoms with Gasteiger partial charge in [-0.1, -0.05) is 32.4 Å². The predicted molar refractivity (Wildman–Crippen MR) is 48.1 cm³/mol. The monoisotopic (exact) mass is 140 g/mol. The molecule has 0 nitrogen and oxygen atoms in total. The molecule has 0 bridgehead atoms. The van der Waals surface area contributed by atoms with Crippen LogP contribution in [0.3, 0.4) is 0 Å². The Morgan fingerprint density at radius 2 is 1.80 bits per heavy atom. The Labute approximate surface area is 65.3 Å². The Bertz CT molecular complexity index is 112. The van der Waals surface area contributed by atoms with Gasteiger partial charge < -0.3 is 0 Å². The van der Waals surface area contributed by atoms with E-state index in [4.69, 9.17) is 0 Å². The summed E-state index contributed by atoms with van der Waals surface area (Å²) < 4.78 is 0. The standard InChI is InChI=1S/C10H20/c1-6-9(2)7-8-10(3,4)5/h6H,7-8H2,1-5H3. The van der Waals surface area contributed by atoms with Crippen molar-refractivity contribution in [2.75, 3.05) is 0 Å². The first-order valence-electron chi connectivity index (χ1n) is 4.07. The van der Waals surface area contributed by atoms with Crippen molar-refractivity contribution in [1.29, 1.82) is 0 Å². The molecular formula is C10H20. The Morgan fingerprint density at radius 1 is 1.30 bits per heavy atom. The van der Waals surface area contributed by atoms with Crippen LogP contribution in [0.4, 0.5) is 0 Å². The Hall–Kier alpha value is -0.260. The molecule has 10 heavy (non-hydrogen) atoms.